The van der Waals surface area contributed by atoms with Gasteiger partial charge in [-0.05, 0) is 24.1 Å². The fourth-order valence-electron chi connectivity index (χ4n) is 2.19. The first-order valence-electron chi connectivity index (χ1n) is 6.26. The second-order valence-corrected chi connectivity index (χ2v) is 4.68. The van der Waals surface area contributed by atoms with Crippen LogP contribution in [0.2, 0.25) is 0 Å². The lowest BCUT2D eigenvalue weighted by atomic mass is 10.1. The highest BCUT2D eigenvalue weighted by Gasteiger charge is 2.10. The molecular weight excluding hydrogens is 220 g/mol. The molecule has 1 unspecified atom stereocenters. The maximum atomic E-state index is 6.24. The molecule has 0 heterocycles. The molecule has 2 nitrogen and oxygen atoms in total. The van der Waals surface area contributed by atoms with Gasteiger partial charge in [0.05, 0.1) is 0 Å². The predicted molar refractivity (Wildman–Crippen MR) is 77.8 cm³/mol. The molecule has 0 amide bonds. The molecule has 0 aliphatic rings. The summed E-state index contributed by atoms with van der Waals surface area (Å²) >= 11 is 0. The van der Waals surface area contributed by atoms with E-state index < -0.39 is 0 Å². The number of hydrogen-bond acceptors (Lipinski definition) is 2. The second-order valence-electron chi connectivity index (χ2n) is 4.68. The zero-order valence-corrected chi connectivity index (χ0v) is 11.0. The van der Waals surface area contributed by atoms with Crippen LogP contribution in [0, 0.1) is 6.92 Å². The number of anilines is 1. The fraction of sp³-hybridized carbons (Fsp3) is 0.250. The third-order valence-electron chi connectivity index (χ3n) is 3.22. The molecule has 2 aromatic rings. The molecule has 0 bridgehead atoms. The highest BCUT2D eigenvalue weighted by Crippen LogP contribution is 2.20. The van der Waals surface area contributed by atoms with Gasteiger partial charge >= 0.3 is 0 Å². The van der Waals surface area contributed by atoms with Gasteiger partial charge in [0.2, 0.25) is 0 Å². The minimum atomic E-state index is 0.0378. The minimum Gasteiger partial charge on any atom is -0.372 e. The van der Waals surface area contributed by atoms with E-state index in [1.165, 1.54) is 16.8 Å². The van der Waals surface area contributed by atoms with Crippen LogP contribution >= 0.6 is 0 Å². The molecule has 1 atom stereocenters. The number of hydrogen-bond donors (Lipinski definition) is 1. The predicted octanol–water partition coefficient (Wildman–Crippen LogP) is 3.13. The van der Waals surface area contributed by atoms with E-state index in [4.69, 9.17) is 5.73 Å². The van der Waals surface area contributed by atoms with E-state index in [0.29, 0.717) is 0 Å². The standard InChI is InChI=1S/C16H20N2/c1-13-8-6-7-11-16(13)18(2)12-15(17)14-9-4-3-5-10-14/h3-11,15H,12,17H2,1-2H3. The summed E-state index contributed by atoms with van der Waals surface area (Å²) in [4.78, 5) is 2.22. The summed E-state index contributed by atoms with van der Waals surface area (Å²) in [6.45, 7) is 2.94. The van der Waals surface area contributed by atoms with Crippen molar-refractivity contribution in [2.75, 3.05) is 18.5 Å². The van der Waals surface area contributed by atoms with Crippen molar-refractivity contribution in [1.29, 1.82) is 0 Å². The van der Waals surface area contributed by atoms with Crippen LogP contribution in [0.4, 0.5) is 5.69 Å². The van der Waals surface area contributed by atoms with Crippen molar-refractivity contribution in [3.05, 3.63) is 65.7 Å². The molecule has 2 N–H and O–H groups in total. The minimum absolute atomic E-state index is 0.0378. The van der Waals surface area contributed by atoms with Crippen LogP contribution in [-0.4, -0.2) is 13.6 Å². The highest BCUT2D eigenvalue weighted by molar-refractivity contribution is 5.52. The number of nitrogens with zero attached hydrogens (tertiary/aromatic N) is 1. The van der Waals surface area contributed by atoms with E-state index in [2.05, 4.69) is 55.3 Å². The fourth-order valence-corrected chi connectivity index (χ4v) is 2.19. The van der Waals surface area contributed by atoms with Crippen LogP contribution in [0.5, 0.6) is 0 Å². The zero-order valence-electron chi connectivity index (χ0n) is 11.0. The molecule has 2 aromatic carbocycles. The molecule has 0 radical (unpaired) electrons. The van der Waals surface area contributed by atoms with Crippen molar-refractivity contribution >= 4 is 5.69 Å². The van der Waals surface area contributed by atoms with Crippen molar-refractivity contribution in [3.8, 4) is 0 Å². The lowest BCUT2D eigenvalue weighted by Crippen LogP contribution is -2.29. The van der Waals surface area contributed by atoms with Gasteiger partial charge in [0.15, 0.2) is 0 Å². The first-order valence-corrected chi connectivity index (χ1v) is 6.26. The number of benzene rings is 2. The largest absolute Gasteiger partial charge is 0.372 e. The Morgan fingerprint density at radius 1 is 1.00 bits per heavy atom. The quantitative estimate of drug-likeness (QED) is 0.889. The van der Waals surface area contributed by atoms with Gasteiger partial charge in [0.1, 0.15) is 0 Å². The molecule has 2 heteroatoms. The summed E-state index contributed by atoms with van der Waals surface area (Å²) in [7, 11) is 2.09. The lowest BCUT2D eigenvalue weighted by Gasteiger charge is -2.25. The van der Waals surface area contributed by atoms with E-state index in [1.54, 1.807) is 0 Å². The first kappa shape index (κ1) is 12.7. The van der Waals surface area contributed by atoms with Gasteiger partial charge in [-0.15, -0.1) is 0 Å². The maximum absolute atomic E-state index is 6.24. The molecule has 18 heavy (non-hydrogen) atoms. The molecule has 0 saturated heterocycles. The Labute approximate surface area is 109 Å². The molecule has 0 fully saturated rings. The first-order chi connectivity index (χ1) is 8.68. The van der Waals surface area contributed by atoms with Crippen LogP contribution < -0.4 is 10.6 Å². The van der Waals surface area contributed by atoms with Crippen molar-refractivity contribution in [3.63, 3.8) is 0 Å². The van der Waals surface area contributed by atoms with Crippen molar-refractivity contribution in [1.82, 2.24) is 0 Å². The average molecular weight is 240 g/mol. The third-order valence-corrected chi connectivity index (χ3v) is 3.22. The Morgan fingerprint density at radius 2 is 1.61 bits per heavy atom. The van der Waals surface area contributed by atoms with E-state index >= 15 is 0 Å². The number of aryl methyl sites for hydroxylation is 1. The second kappa shape index (κ2) is 5.69. The van der Waals surface area contributed by atoms with Crippen LogP contribution in [0.1, 0.15) is 17.2 Å². The summed E-state index contributed by atoms with van der Waals surface area (Å²) in [5.74, 6) is 0. The zero-order chi connectivity index (χ0) is 13.0. The molecule has 0 aromatic heterocycles. The Bertz CT molecular complexity index is 493. The number of nitrogens with two attached hydrogens (primary N) is 1. The van der Waals surface area contributed by atoms with Gasteiger partial charge in [-0.3, -0.25) is 0 Å². The van der Waals surface area contributed by atoms with Crippen molar-refractivity contribution in [2.24, 2.45) is 5.73 Å². The van der Waals surface area contributed by atoms with Gasteiger partial charge in [0.25, 0.3) is 0 Å². The van der Waals surface area contributed by atoms with Crippen LogP contribution in [0.3, 0.4) is 0 Å². The van der Waals surface area contributed by atoms with Gasteiger partial charge in [-0.2, -0.15) is 0 Å². The topological polar surface area (TPSA) is 29.3 Å². The SMILES string of the molecule is Cc1ccccc1N(C)CC(N)c1ccccc1. The molecular formula is C16H20N2. The normalized spacial score (nSPS) is 12.2. The summed E-state index contributed by atoms with van der Waals surface area (Å²) in [5.41, 5.74) is 9.94. The molecule has 94 valence electrons. The van der Waals surface area contributed by atoms with E-state index in [1.807, 2.05) is 18.2 Å². The van der Waals surface area contributed by atoms with Crippen LogP contribution in [-0.2, 0) is 0 Å². The van der Waals surface area contributed by atoms with Crippen LogP contribution in [0.25, 0.3) is 0 Å². The monoisotopic (exact) mass is 240 g/mol. The smallest absolute Gasteiger partial charge is 0.0473 e. The van der Waals surface area contributed by atoms with Gasteiger partial charge < -0.3 is 10.6 Å². The van der Waals surface area contributed by atoms with Crippen molar-refractivity contribution in [2.45, 2.75) is 13.0 Å². The molecule has 0 spiro atoms. The highest BCUT2D eigenvalue weighted by atomic mass is 15.1. The lowest BCUT2D eigenvalue weighted by molar-refractivity contribution is 0.702. The Hall–Kier alpha value is -1.80. The van der Waals surface area contributed by atoms with Gasteiger partial charge in [-0.25, -0.2) is 0 Å². The van der Waals surface area contributed by atoms with Crippen molar-refractivity contribution < 1.29 is 0 Å². The molecule has 0 aliphatic heterocycles. The van der Waals surface area contributed by atoms with E-state index in [-0.39, 0.29) is 6.04 Å². The van der Waals surface area contributed by atoms with Crippen LogP contribution in [0.15, 0.2) is 54.6 Å². The Balaban J connectivity index is 2.08. The van der Waals surface area contributed by atoms with E-state index in [9.17, 15) is 0 Å². The number of likely N-dealkylation sites (N-methyl/N-ethyl adjacent to an activating group) is 1. The summed E-state index contributed by atoms with van der Waals surface area (Å²) < 4.78 is 0. The number of para-hydroxylation sites is 1. The average Bonchev–Trinajstić information content (AvgIpc) is 2.40. The summed E-state index contributed by atoms with van der Waals surface area (Å²) in [6, 6.07) is 18.7. The maximum Gasteiger partial charge on any atom is 0.0473 e. The molecule has 2 rings (SSSR count). The number of rotatable bonds is 4. The third kappa shape index (κ3) is 2.90. The van der Waals surface area contributed by atoms with Gasteiger partial charge in [0, 0.05) is 25.3 Å². The molecule has 0 saturated carbocycles. The summed E-state index contributed by atoms with van der Waals surface area (Å²) in [6.07, 6.45) is 0. The Morgan fingerprint density at radius 3 is 2.28 bits per heavy atom. The summed E-state index contributed by atoms with van der Waals surface area (Å²) in [5, 5.41) is 0. The molecule has 0 aliphatic carbocycles. The van der Waals surface area contributed by atoms with E-state index in [0.717, 1.165) is 6.54 Å². The van der Waals surface area contributed by atoms with Gasteiger partial charge in [-0.1, -0.05) is 48.5 Å². The Kier molecular flexibility index (Phi) is 4.00.